The molecule has 1 atom stereocenters. The minimum absolute atomic E-state index is 0.0651. The highest BCUT2D eigenvalue weighted by molar-refractivity contribution is 5.94. The van der Waals surface area contributed by atoms with E-state index >= 15 is 0 Å². The lowest BCUT2D eigenvalue weighted by Crippen LogP contribution is -2.58. The molecule has 2 aliphatic rings. The van der Waals surface area contributed by atoms with Crippen LogP contribution in [-0.4, -0.2) is 48.2 Å². The van der Waals surface area contributed by atoms with Crippen LogP contribution in [0.5, 0.6) is 5.88 Å². The summed E-state index contributed by atoms with van der Waals surface area (Å²) in [6, 6.07) is 3.53. The first-order valence-corrected chi connectivity index (χ1v) is 7.65. The van der Waals surface area contributed by atoms with Gasteiger partial charge in [0.05, 0.1) is 24.8 Å². The Labute approximate surface area is 125 Å². The summed E-state index contributed by atoms with van der Waals surface area (Å²) in [4.78, 5) is 19.0. The molecule has 2 saturated heterocycles. The van der Waals surface area contributed by atoms with Gasteiger partial charge in [0.25, 0.3) is 5.91 Å². The number of piperidine rings is 1. The van der Waals surface area contributed by atoms with E-state index < -0.39 is 0 Å². The van der Waals surface area contributed by atoms with E-state index in [2.05, 4.69) is 4.98 Å². The Morgan fingerprint density at radius 1 is 1.33 bits per heavy atom. The first-order valence-electron chi connectivity index (χ1n) is 7.65. The van der Waals surface area contributed by atoms with Crippen molar-refractivity contribution in [1.29, 1.82) is 0 Å². The van der Waals surface area contributed by atoms with Crippen molar-refractivity contribution in [3.63, 3.8) is 0 Å². The molecule has 3 heterocycles. The van der Waals surface area contributed by atoms with E-state index in [9.17, 15) is 4.79 Å². The van der Waals surface area contributed by atoms with Crippen molar-refractivity contribution < 1.29 is 14.3 Å². The van der Waals surface area contributed by atoms with Crippen LogP contribution in [0.1, 0.15) is 42.5 Å². The first-order chi connectivity index (χ1) is 10.2. The number of methoxy groups -OCH3 is 1. The molecule has 1 amide bonds. The summed E-state index contributed by atoms with van der Waals surface area (Å²) >= 11 is 0. The Hall–Kier alpha value is -1.62. The third kappa shape index (κ3) is 2.75. The molecule has 2 aliphatic heterocycles. The smallest absolute Gasteiger partial charge is 0.255 e. The number of amides is 1. The fourth-order valence-electron chi connectivity index (χ4n) is 3.44. The van der Waals surface area contributed by atoms with Gasteiger partial charge in [-0.15, -0.1) is 0 Å². The molecular weight excluding hydrogens is 268 g/mol. The van der Waals surface area contributed by atoms with Crippen LogP contribution in [0.15, 0.2) is 18.3 Å². The lowest BCUT2D eigenvalue weighted by atomic mass is 9.81. The minimum Gasteiger partial charge on any atom is -0.481 e. The molecule has 1 aromatic heterocycles. The Kier molecular flexibility index (Phi) is 4.10. The second-order valence-electron chi connectivity index (χ2n) is 5.88. The van der Waals surface area contributed by atoms with Crippen LogP contribution in [0.2, 0.25) is 0 Å². The van der Waals surface area contributed by atoms with Crippen molar-refractivity contribution in [2.24, 2.45) is 0 Å². The molecule has 0 N–H and O–H groups in total. The standard InChI is InChI=1S/C16H22N2O3/c1-20-14-6-5-13(11-17-14)15(19)18-9-3-2-7-16(18)8-4-10-21-12-16/h5-6,11H,2-4,7-10,12H2,1H3. The molecule has 21 heavy (non-hydrogen) atoms. The first kappa shape index (κ1) is 14.3. The zero-order valence-corrected chi connectivity index (χ0v) is 12.5. The van der Waals surface area contributed by atoms with Crippen molar-refractivity contribution in [2.75, 3.05) is 26.9 Å². The molecular formula is C16H22N2O3. The lowest BCUT2D eigenvalue weighted by molar-refractivity contribution is -0.0548. The van der Waals surface area contributed by atoms with Crippen LogP contribution in [0.3, 0.4) is 0 Å². The zero-order chi connectivity index (χ0) is 14.7. The molecule has 5 heteroatoms. The lowest BCUT2D eigenvalue weighted by Gasteiger charge is -2.49. The molecule has 5 nitrogen and oxygen atoms in total. The normalized spacial score (nSPS) is 25.9. The number of pyridine rings is 1. The second-order valence-corrected chi connectivity index (χ2v) is 5.88. The topological polar surface area (TPSA) is 51.7 Å². The monoisotopic (exact) mass is 290 g/mol. The highest BCUT2D eigenvalue weighted by Gasteiger charge is 2.43. The van der Waals surface area contributed by atoms with Gasteiger partial charge < -0.3 is 14.4 Å². The quantitative estimate of drug-likeness (QED) is 0.838. The summed E-state index contributed by atoms with van der Waals surface area (Å²) in [6.45, 7) is 2.30. The molecule has 3 rings (SSSR count). The molecule has 1 aromatic rings. The van der Waals surface area contributed by atoms with E-state index in [1.165, 1.54) is 6.42 Å². The molecule has 2 fully saturated rings. The number of aromatic nitrogens is 1. The molecule has 0 saturated carbocycles. The fraction of sp³-hybridized carbons (Fsp3) is 0.625. The van der Waals surface area contributed by atoms with Gasteiger partial charge >= 0.3 is 0 Å². The van der Waals surface area contributed by atoms with Crippen molar-refractivity contribution >= 4 is 5.91 Å². The third-order valence-electron chi connectivity index (χ3n) is 4.59. The molecule has 0 aromatic carbocycles. The van der Waals surface area contributed by atoms with Gasteiger partial charge in [0.15, 0.2) is 0 Å². The Bertz CT molecular complexity index is 486. The fourth-order valence-corrected chi connectivity index (χ4v) is 3.44. The number of nitrogens with zero attached hydrogens (tertiary/aromatic N) is 2. The Balaban J connectivity index is 1.83. The van der Waals surface area contributed by atoms with E-state index in [0.29, 0.717) is 18.1 Å². The Morgan fingerprint density at radius 2 is 2.19 bits per heavy atom. The number of hydrogen-bond donors (Lipinski definition) is 0. The van der Waals surface area contributed by atoms with Crippen molar-refractivity contribution in [1.82, 2.24) is 9.88 Å². The van der Waals surface area contributed by atoms with Crippen LogP contribution in [-0.2, 0) is 4.74 Å². The number of hydrogen-bond acceptors (Lipinski definition) is 4. The maximum absolute atomic E-state index is 12.9. The number of carbonyl (C=O) groups is 1. The predicted octanol–water partition coefficient (Wildman–Crippen LogP) is 2.27. The number of ether oxygens (including phenoxy) is 2. The van der Waals surface area contributed by atoms with Gasteiger partial charge in [0.2, 0.25) is 5.88 Å². The summed E-state index contributed by atoms with van der Waals surface area (Å²) in [6.07, 6.45) is 6.97. The van der Waals surface area contributed by atoms with E-state index in [1.54, 1.807) is 25.4 Å². The van der Waals surface area contributed by atoms with Crippen LogP contribution in [0.4, 0.5) is 0 Å². The largest absolute Gasteiger partial charge is 0.481 e. The summed E-state index contributed by atoms with van der Waals surface area (Å²) < 4.78 is 10.7. The SMILES string of the molecule is COc1ccc(C(=O)N2CCCCC23CCCOC3)cn1. The maximum Gasteiger partial charge on any atom is 0.255 e. The van der Waals surface area contributed by atoms with Crippen LogP contribution < -0.4 is 4.74 Å². The summed E-state index contributed by atoms with van der Waals surface area (Å²) in [7, 11) is 1.57. The molecule has 114 valence electrons. The van der Waals surface area contributed by atoms with Gasteiger partial charge in [-0.1, -0.05) is 0 Å². The van der Waals surface area contributed by atoms with Gasteiger partial charge in [-0.05, 0) is 38.2 Å². The number of rotatable bonds is 2. The van der Waals surface area contributed by atoms with Crippen molar-refractivity contribution in [3.8, 4) is 5.88 Å². The Morgan fingerprint density at radius 3 is 2.86 bits per heavy atom. The van der Waals surface area contributed by atoms with Gasteiger partial charge in [-0.3, -0.25) is 4.79 Å². The van der Waals surface area contributed by atoms with Gasteiger partial charge in [-0.2, -0.15) is 0 Å². The molecule has 0 radical (unpaired) electrons. The zero-order valence-electron chi connectivity index (χ0n) is 12.5. The van der Waals surface area contributed by atoms with Crippen LogP contribution >= 0.6 is 0 Å². The van der Waals surface area contributed by atoms with E-state index in [4.69, 9.17) is 9.47 Å². The molecule has 1 spiro atoms. The van der Waals surface area contributed by atoms with Gasteiger partial charge in [0.1, 0.15) is 0 Å². The summed E-state index contributed by atoms with van der Waals surface area (Å²) in [5.41, 5.74) is 0.524. The summed E-state index contributed by atoms with van der Waals surface area (Å²) in [5.74, 6) is 0.594. The number of carbonyl (C=O) groups excluding carboxylic acids is 1. The van der Waals surface area contributed by atoms with Gasteiger partial charge in [-0.25, -0.2) is 4.98 Å². The molecule has 0 bridgehead atoms. The average Bonchev–Trinajstić information content (AvgIpc) is 2.55. The minimum atomic E-state index is -0.104. The second kappa shape index (κ2) is 6.02. The van der Waals surface area contributed by atoms with E-state index in [1.807, 2.05) is 4.90 Å². The van der Waals surface area contributed by atoms with Crippen molar-refractivity contribution in [3.05, 3.63) is 23.9 Å². The highest BCUT2D eigenvalue weighted by atomic mass is 16.5. The number of likely N-dealkylation sites (tertiary alicyclic amines) is 1. The average molecular weight is 290 g/mol. The molecule has 0 aliphatic carbocycles. The van der Waals surface area contributed by atoms with Crippen LogP contribution in [0.25, 0.3) is 0 Å². The summed E-state index contributed by atoms with van der Waals surface area (Å²) in [5, 5.41) is 0. The third-order valence-corrected chi connectivity index (χ3v) is 4.59. The van der Waals surface area contributed by atoms with E-state index in [-0.39, 0.29) is 11.4 Å². The maximum atomic E-state index is 12.9. The van der Waals surface area contributed by atoms with Crippen LogP contribution in [0, 0.1) is 0 Å². The predicted molar refractivity (Wildman–Crippen MR) is 78.5 cm³/mol. The van der Waals surface area contributed by atoms with Gasteiger partial charge in [0, 0.05) is 25.4 Å². The van der Waals surface area contributed by atoms with Crippen molar-refractivity contribution in [2.45, 2.75) is 37.6 Å². The molecule has 1 unspecified atom stereocenters. The highest BCUT2D eigenvalue weighted by Crippen LogP contribution is 2.36. The van der Waals surface area contributed by atoms with E-state index in [0.717, 1.165) is 38.8 Å².